The van der Waals surface area contributed by atoms with Gasteiger partial charge in [-0.3, -0.25) is 0 Å². The van der Waals surface area contributed by atoms with Crippen LogP contribution >= 0.6 is 0 Å². The minimum Gasteiger partial charge on any atom is -0.391 e. The Labute approximate surface area is 108 Å². The van der Waals surface area contributed by atoms with E-state index in [1.165, 1.54) is 0 Å². The standard InChI is InChI=1S/C15H20O3/c1-11(16)14-13(17-15(2,3)18-14)10-9-12-7-5-4-6-8-12/h4-11,13-14,16H,1-3H3/b10-9+/t11-,13+,14-/m0/s1. The molecule has 0 bridgehead atoms. The Morgan fingerprint density at radius 1 is 1.22 bits per heavy atom. The summed E-state index contributed by atoms with van der Waals surface area (Å²) in [5.41, 5.74) is 1.11. The van der Waals surface area contributed by atoms with Crippen LogP contribution < -0.4 is 0 Å². The van der Waals surface area contributed by atoms with E-state index in [0.717, 1.165) is 5.56 Å². The van der Waals surface area contributed by atoms with Crippen molar-refractivity contribution >= 4 is 6.08 Å². The van der Waals surface area contributed by atoms with Crippen LogP contribution in [-0.4, -0.2) is 29.2 Å². The van der Waals surface area contributed by atoms with Crippen LogP contribution in [0.3, 0.4) is 0 Å². The lowest BCUT2D eigenvalue weighted by Gasteiger charge is -2.18. The predicted octanol–water partition coefficient (Wildman–Crippen LogP) is 2.60. The summed E-state index contributed by atoms with van der Waals surface area (Å²) in [5.74, 6) is -0.645. The van der Waals surface area contributed by atoms with Gasteiger partial charge in [-0.05, 0) is 26.3 Å². The van der Waals surface area contributed by atoms with Gasteiger partial charge in [0.1, 0.15) is 12.2 Å². The third-order valence-corrected chi connectivity index (χ3v) is 2.92. The van der Waals surface area contributed by atoms with Crippen molar-refractivity contribution in [2.24, 2.45) is 0 Å². The van der Waals surface area contributed by atoms with Crippen molar-refractivity contribution in [2.45, 2.75) is 44.9 Å². The predicted molar refractivity (Wildman–Crippen MR) is 71.0 cm³/mol. The second-order valence-electron chi connectivity index (χ2n) is 5.08. The van der Waals surface area contributed by atoms with Crippen molar-refractivity contribution in [3.8, 4) is 0 Å². The molecule has 1 aromatic rings. The first kappa shape index (κ1) is 13.3. The molecule has 0 unspecified atom stereocenters. The van der Waals surface area contributed by atoms with Gasteiger partial charge in [-0.15, -0.1) is 0 Å². The average molecular weight is 248 g/mol. The molecule has 1 aromatic carbocycles. The second-order valence-corrected chi connectivity index (χ2v) is 5.08. The fourth-order valence-corrected chi connectivity index (χ4v) is 2.11. The molecule has 0 saturated carbocycles. The highest BCUT2D eigenvalue weighted by Crippen LogP contribution is 2.30. The van der Waals surface area contributed by atoms with Gasteiger partial charge in [-0.25, -0.2) is 0 Å². The molecule has 3 heteroatoms. The fourth-order valence-electron chi connectivity index (χ4n) is 2.11. The third-order valence-electron chi connectivity index (χ3n) is 2.92. The van der Waals surface area contributed by atoms with Gasteiger partial charge in [-0.2, -0.15) is 0 Å². The Hall–Kier alpha value is -1.16. The van der Waals surface area contributed by atoms with E-state index in [9.17, 15) is 5.11 Å². The van der Waals surface area contributed by atoms with Gasteiger partial charge in [0.2, 0.25) is 0 Å². The molecule has 0 aromatic heterocycles. The van der Waals surface area contributed by atoms with Gasteiger partial charge in [0, 0.05) is 0 Å². The summed E-state index contributed by atoms with van der Waals surface area (Å²) in [4.78, 5) is 0. The number of hydrogen-bond donors (Lipinski definition) is 1. The van der Waals surface area contributed by atoms with E-state index in [-0.39, 0.29) is 12.2 Å². The second kappa shape index (κ2) is 5.22. The Balaban J connectivity index is 2.10. The average Bonchev–Trinajstić information content (AvgIpc) is 2.64. The van der Waals surface area contributed by atoms with Crippen LogP contribution in [0.4, 0.5) is 0 Å². The van der Waals surface area contributed by atoms with Gasteiger partial charge < -0.3 is 14.6 Å². The molecule has 1 aliphatic rings. The molecule has 0 spiro atoms. The van der Waals surface area contributed by atoms with Crippen LogP contribution in [0, 0.1) is 0 Å². The summed E-state index contributed by atoms with van der Waals surface area (Å²) in [6.07, 6.45) is 2.84. The van der Waals surface area contributed by atoms with E-state index in [1.54, 1.807) is 6.92 Å². The molecule has 1 saturated heterocycles. The SMILES string of the molecule is C[C@H](O)[C@@H]1OC(C)(C)O[C@@H]1/C=C/c1ccccc1. The maximum Gasteiger partial charge on any atom is 0.164 e. The maximum atomic E-state index is 9.71. The van der Waals surface area contributed by atoms with Gasteiger partial charge in [-0.1, -0.05) is 42.5 Å². The maximum absolute atomic E-state index is 9.71. The molecular formula is C15H20O3. The first-order valence-corrected chi connectivity index (χ1v) is 6.25. The molecule has 3 nitrogen and oxygen atoms in total. The molecule has 0 aliphatic carbocycles. The Bertz CT molecular complexity index is 409. The smallest absolute Gasteiger partial charge is 0.164 e. The molecule has 1 heterocycles. The monoisotopic (exact) mass is 248 g/mol. The van der Waals surface area contributed by atoms with Crippen molar-refractivity contribution in [3.05, 3.63) is 42.0 Å². The zero-order chi connectivity index (χ0) is 13.2. The lowest BCUT2D eigenvalue weighted by molar-refractivity contribution is -0.152. The summed E-state index contributed by atoms with van der Waals surface area (Å²) >= 11 is 0. The Morgan fingerprint density at radius 3 is 2.50 bits per heavy atom. The highest BCUT2D eigenvalue weighted by molar-refractivity contribution is 5.49. The largest absolute Gasteiger partial charge is 0.391 e. The molecule has 3 atom stereocenters. The molecule has 1 aliphatic heterocycles. The summed E-state index contributed by atoms with van der Waals surface area (Å²) in [6, 6.07) is 10.0. The number of rotatable bonds is 3. The lowest BCUT2D eigenvalue weighted by Crippen LogP contribution is -2.32. The number of hydrogen-bond acceptors (Lipinski definition) is 3. The summed E-state index contributed by atoms with van der Waals surface area (Å²) in [5, 5.41) is 9.71. The zero-order valence-electron chi connectivity index (χ0n) is 11.0. The van der Waals surface area contributed by atoms with Crippen LogP contribution in [0.15, 0.2) is 36.4 Å². The quantitative estimate of drug-likeness (QED) is 0.893. The van der Waals surface area contributed by atoms with Crippen molar-refractivity contribution in [1.82, 2.24) is 0 Å². The Morgan fingerprint density at radius 2 is 1.89 bits per heavy atom. The van der Waals surface area contributed by atoms with Crippen LogP contribution in [0.1, 0.15) is 26.3 Å². The van der Waals surface area contributed by atoms with Crippen molar-refractivity contribution in [1.29, 1.82) is 0 Å². The number of benzene rings is 1. The molecule has 18 heavy (non-hydrogen) atoms. The minimum absolute atomic E-state index is 0.222. The van der Waals surface area contributed by atoms with E-state index in [2.05, 4.69) is 0 Å². The van der Waals surface area contributed by atoms with Gasteiger partial charge >= 0.3 is 0 Å². The fraction of sp³-hybridized carbons (Fsp3) is 0.467. The van der Waals surface area contributed by atoms with Crippen LogP contribution in [0.25, 0.3) is 6.08 Å². The molecule has 0 radical (unpaired) electrons. The Kier molecular flexibility index (Phi) is 3.85. The van der Waals surface area contributed by atoms with Gasteiger partial charge in [0.25, 0.3) is 0 Å². The van der Waals surface area contributed by atoms with E-state index >= 15 is 0 Å². The van der Waals surface area contributed by atoms with E-state index < -0.39 is 11.9 Å². The van der Waals surface area contributed by atoms with Crippen molar-refractivity contribution in [2.75, 3.05) is 0 Å². The third kappa shape index (κ3) is 3.19. The zero-order valence-corrected chi connectivity index (χ0v) is 11.0. The van der Waals surface area contributed by atoms with Crippen LogP contribution in [-0.2, 0) is 9.47 Å². The van der Waals surface area contributed by atoms with E-state index in [1.807, 2.05) is 56.3 Å². The van der Waals surface area contributed by atoms with Gasteiger partial charge in [0.15, 0.2) is 5.79 Å². The molecule has 2 rings (SSSR count). The minimum atomic E-state index is -0.645. The molecule has 1 fully saturated rings. The molecule has 98 valence electrons. The first-order valence-electron chi connectivity index (χ1n) is 6.25. The summed E-state index contributed by atoms with van der Waals surface area (Å²) in [6.45, 7) is 5.44. The molecular weight excluding hydrogens is 228 g/mol. The highest BCUT2D eigenvalue weighted by Gasteiger charge is 2.42. The molecule has 1 N–H and O–H groups in total. The number of aliphatic hydroxyl groups is 1. The molecule has 0 amide bonds. The van der Waals surface area contributed by atoms with Crippen LogP contribution in [0.2, 0.25) is 0 Å². The highest BCUT2D eigenvalue weighted by atomic mass is 16.8. The first-order chi connectivity index (χ1) is 8.48. The van der Waals surface area contributed by atoms with E-state index in [4.69, 9.17) is 9.47 Å². The normalized spacial score (nSPS) is 28.7. The van der Waals surface area contributed by atoms with Crippen molar-refractivity contribution < 1.29 is 14.6 Å². The number of ether oxygens (including phenoxy) is 2. The van der Waals surface area contributed by atoms with Gasteiger partial charge in [0.05, 0.1) is 6.10 Å². The lowest BCUT2D eigenvalue weighted by atomic mass is 10.1. The summed E-state index contributed by atoms with van der Waals surface area (Å²) in [7, 11) is 0. The topological polar surface area (TPSA) is 38.7 Å². The number of aliphatic hydroxyl groups excluding tert-OH is 1. The van der Waals surface area contributed by atoms with E-state index in [0.29, 0.717) is 0 Å². The summed E-state index contributed by atoms with van der Waals surface area (Å²) < 4.78 is 11.5. The van der Waals surface area contributed by atoms with Crippen molar-refractivity contribution in [3.63, 3.8) is 0 Å². The van der Waals surface area contributed by atoms with Crippen LogP contribution in [0.5, 0.6) is 0 Å².